The molecule has 1 fully saturated rings. The molecule has 0 N–H and O–H groups in total. The van der Waals surface area contributed by atoms with E-state index in [2.05, 4.69) is 22.0 Å². The summed E-state index contributed by atoms with van der Waals surface area (Å²) in [5.41, 5.74) is 2.08. The van der Waals surface area contributed by atoms with Gasteiger partial charge < -0.3 is 9.80 Å². The molecule has 1 aliphatic heterocycles. The molecule has 26 heavy (non-hydrogen) atoms. The average molecular weight is 346 g/mol. The molecule has 132 valence electrons. The van der Waals surface area contributed by atoms with E-state index in [-0.39, 0.29) is 6.03 Å². The van der Waals surface area contributed by atoms with Crippen molar-refractivity contribution in [3.63, 3.8) is 0 Å². The Balaban J connectivity index is 1.49. The number of benzene rings is 1. The summed E-state index contributed by atoms with van der Waals surface area (Å²) in [6, 6.07) is 14.0. The monoisotopic (exact) mass is 346 g/mol. The Morgan fingerprint density at radius 3 is 2.65 bits per heavy atom. The van der Waals surface area contributed by atoms with Crippen LogP contribution in [-0.2, 0) is 0 Å². The molecule has 0 aliphatic carbocycles. The first-order valence-corrected chi connectivity index (χ1v) is 8.96. The van der Waals surface area contributed by atoms with Crippen LogP contribution in [0.3, 0.4) is 0 Å². The lowest BCUT2D eigenvalue weighted by atomic mass is 10.2. The molecular formula is C21H22N4O. The Labute approximate surface area is 153 Å². The van der Waals surface area contributed by atoms with Crippen LogP contribution in [0.2, 0.25) is 0 Å². The van der Waals surface area contributed by atoms with Crippen LogP contribution < -0.4 is 4.90 Å². The summed E-state index contributed by atoms with van der Waals surface area (Å²) < 4.78 is 1.75. The van der Waals surface area contributed by atoms with Gasteiger partial charge in [-0.05, 0) is 31.2 Å². The van der Waals surface area contributed by atoms with Crippen LogP contribution in [0.1, 0.15) is 12.5 Å². The zero-order valence-electron chi connectivity index (χ0n) is 14.9. The molecule has 1 aromatic carbocycles. The van der Waals surface area contributed by atoms with E-state index in [4.69, 9.17) is 0 Å². The highest BCUT2D eigenvalue weighted by Gasteiger charge is 2.24. The summed E-state index contributed by atoms with van der Waals surface area (Å²) in [4.78, 5) is 21.7. The molecule has 0 atom stereocenters. The van der Waals surface area contributed by atoms with Crippen molar-refractivity contribution in [3.05, 3.63) is 66.5 Å². The van der Waals surface area contributed by atoms with Gasteiger partial charge in [-0.1, -0.05) is 30.4 Å². The van der Waals surface area contributed by atoms with Gasteiger partial charge >= 0.3 is 6.03 Å². The van der Waals surface area contributed by atoms with E-state index in [1.165, 1.54) is 0 Å². The summed E-state index contributed by atoms with van der Waals surface area (Å²) in [6.45, 7) is 4.96. The SMILES string of the molecule is C/C=C/c1cccnc1N1CCN(C(=O)n2ccc3ccccc32)CC1. The quantitative estimate of drug-likeness (QED) is 0.707. The number of nitrogens with zero attached hydrogens (tertiary/aromatic N) is 4. The molecule has 2 aromatic heterocycles. The molecule has 3 aromatic rings. The minimum Gasteiger partial charge on any atom is -0.353 e. The Morgan fingerprint density at radius 1 is 1.04 bits per heavy atom. The lowest BCUT2D eigenvalue weighted by molar-refractivity contribution is 0.197. The second kappa shape index (κ2) is 7.04. The number of pyridine rings is 1. The Hall–Kier alpha value is -3.08. The zero-order valence-corrected chi connectivity index (χ0v) is 14.9. The fourth-order valence-electron chi connectivity index (χ4n) is 3.49. The minimum absolute atomic E-state index is 0.0422. The maximum Gasteiger partial charge on any atom is 0.328 e. The topological polar surface area (TPSA) is 41.4 Å². The van der Waals surface area contributed by atoms with Crippen LogP contribution in [0.25, 0.3) is 17.0 Å². The van der Waals surface area contributed by atoms with Crippen molar-refractivity contribution in [1.29, 1.82) is 0 Å². The molecule has 4 rings (SSSR count). The lowest BCUT2D eigenvalue weighted by Crippen LogP contribution is -2.50. The van der Waals surface area contributed by atoms with Gasteiger partial charge in [-0.15, -0.1) is 0 Å². The largest absolute Gasteiger partial charge is 0.353 e. The Morgan fingerprint density at radius 2 is 1.85 bits per heavy atom. The summed E-state index contributed by atoms with van der Waals surface area (Å²) >= 11 is 0. The molecule has 5 heteroatoms. The van der Waals surface area contributed by atoms with Gasteiger partial charge in [0, 0.05) is 49.5 Å². The highest BCUT2D eigenvalue weighted by molar-refractivity contribution is 5.91. The molecule has 3 heterocycles. The van der Waals surface area contributed by atoms with Crippen molar-refractivity contribution < 1.29 is 4.79 Å². The number of piperazine rings is 1. The van der Waals surface area contributed by atoms with E-state index in [1.54, 1.807) is 4.57 Å². The number of carbonyl (C=O) groups is 1. The molecular weight excluding hydrogens is 324 g/mol. The predicted octanol–water partition coefficient (Wildman–Crippen LogP) is 3.86. The minimum atomic E-state index is 0.0422. The van der Waals surface area contributed by atoms with Crippen LogP contribution in [0.5, 0.6) is 0 Å². The van der Waals surface area contributed by atoms with Crippen LogP contribution >= 0.6 is 0 Å². The first-order valence-electron chi connectivity index (χ1n) is 8.96. The van der Waals surface area contributed by atoms with Crippen molar-refractivity contribution in [2.75, 3.05) is 31.1 Å². The maximum atomic E-state index is 12.9. The van der Waals surface area contributed by atoms with Crippen molar-refractivity contribution in [3.8, 4) is 0 Å². The van der Waals surface area contributed by atoms with Crippen LogP contribution in [0.4, 0.5) is 10.6 Å². The van der Waals surface area contributed by atoms with E-state index < -0.39 is 0 Å². The molecule has 1 saturated heterocycles. The second-order valence-corrected chi connectivity index (χ2v) is 6.42. The number of carbonyl (C=O) groups excluding carboxylic acids is 1. The third-order valence-electron chi connectivity index (χ3n) is 4.82. The van der Waals surface area contributed by atoms with E-state index in [0.717, 1.165) is 35.4 Å². The number of hydrogen-bond acceptors (Lipinski definition) is 3. The summed E-state index contributed by atoms with van der Waals surface area (Å²) in [6.07, 6.45) is 7.79. The van der Waals surface area contributed by atoms with Gasteiger partial charge in [0.15, 0.2) is 0 Å². The third kappa shape index (κ3) is 2.96. The molecule has 1 aliphatic rings. The van der Waals surface area contributed by atoms with Gasteiger partial charge in [0.25, 0.3) is 0 Å². The predicted molar refractivity (Wildman–Crippen MR) is 105 cm³/mol. The fourth-order valence-corrected chi connectivity index (χ4v) is 3.49. The number of aromatic nitrogens is 2. The van der Waals surface area contributed by atoms with Crippen molar-refractivity contribution in [2.45, 2.75) is 6.92 Å². The van der Waals surface area contributed by atoms with Gasteiger partial charge in [-0.25, -0.2) is 9.78 Å². The standard InChI is InChI=1S/C21H22N4O/c1-2-6-18-8-5-11-22-20(18)23-13-15-24(16-14-23)21(26)25-12-10-17-7-3-4-9-19(17)25/h2-12H,13-16H2,1H3/b6-2+. The van der Waals surface area contributed by atoms with Crippen LogP contribution in [0.15, 0.2) is 60.9 Å². The Bertz CT molecular complexity index is 951. The maximum absolute atomic E-state index is 12.9. The number of hydrogen-bond donors (Lipinski definition) is 0. The van der Waals surface area contributed by atoms with Crippen molar-refractivity contribution >= 4 is 28.8 Å². The van der Waals surface area contributed by atoms with Crippen LogP contribution in [0, 0.1) is 0 Å². The normalized spacial score (nSPS) is 15.1. The molecule has 5 nitrogen and oxygen atoms in total. The van der Waals surface area contributed by atoms with Gasteiger partial charge in [0.2, 0.25) is 0 Å². The number of allylic oxidation sites excluding steroid dienone is 1. The first kappa shape index (κ1) is 16.4. The van der Waals surface area contributed by atoms with E-state index in [1.807, 2.05) is 66.7 Å². The van der Waals surface area contributed by atoms with E-state index in [0.29, 0.717) is 13.1 Å². The molecule has 0 spiro atoms. The first-order chi connectivity index (χ1) is 12.8. The Kier molecular flexibility index (Phi) is 4.44. The molecule has 0 radical (unpaired) electrons. The highest BCUT2D eigenvalue weighted by Crippen LogP contribution is 2.21. The summed E-state index contributed by atoms with van der Waals surface area (Å²) in [5, 5.41) is 1.09. The smallest absolute Gasteiger partial charge is 0.328 e. The number of para-hydroxylation sites is 1. The van der Waals surface area contributed by atoms with E-state index >= 15 is 0 Å². The number of amides is 1. The van der Waals surface area contributed by atoms with Crippen molar-refractivity contribution in [2.24, 2.45) is 0 Å². The third-order valence-corrected chi connectivity index (χ3v) is 4.82. The number of anilines is 1. The zero-order chi connectivity index (χ0) is 17.9. The number of rotatable bonds is 2. The summed E-state index contributed by atoms with van der Waals surface area (Å²) in [7, 11) is 0. The molecule has 0 saturated carbocycles. The second-order valence-electron chi connectivity index (χ2n) is 6.42. The van der Waals surface area contributed by atoms with Gasteiger partial charge in [0.1, 0.15) is 5.82 Å². The van der Waals surface area contributed by atoms with Gasteiger partial charge in [-0.2, -0.15) is 0 Å². The highest BCUT2D eigenvalue weighted by atomic mass is 16.2. The molecule has 0 unspecified atom stereocenters. The van der Waals surface area contributed by atoms with Gasteiger partial charge in [-0.3, -0.25) is 4.57 Å². The lowest BCUT2D eigenvalue weighted by Gasteiger charge is -2.36. The van der Waals surface area contributed by atoms with Gasteiger partial charge in [0.05, 0.1) is 5.52 Å². The van der Waals surface area contributed by atoms with Crippen LogP contribution in [-0.4, -0.2) is 46.7 Å². The summed E-state index contributed by atoms with van der Waals surface area (Å²) in [5.74, 6) is 0.990. The average Bonchev–Trinajstić information content (AvgIpc) is 3.12. The fraction of sp³-hybridized carbons (Fsp3) is 0.238. The van der Waals surface area contributed by atoms with Crippen molar-refractivity contribution in [1.82, 2.24) is 14.5 Å². The van der Waals surface area contributed by atoms with E-state index in [9.17, 15) is 4.79 Å². The molecule has 1 amide bonds. The number of fused-ring (bicyclic) bond motifs is 1. The molecule has 0 bridgehead atoms.